The van der Waals surface area contributed by atoms with E-state index < -0.39 is 23.8 Å². The molecule has 134 valence electrons. The van der Waals surface area contributed by atoms with Gasteiger partial charge < -0.3 is 10.0 Å². The fourth-order valence-corrected chi connectivity index (χ4v) is 3.33. The van der Waals surface area contributed by atoms with E-state index in [1.807, 2.05) is 14.0 Å². The van der Waals surface area contributed by atoms with Crippen molar-refractivity contribution in [3.8, 4) is 0 Å². The van der Waals surface area contributed by atoms with Crippen molar-refractivity contribution in [1.29, 1.82) is 0 Å². The topological polar surface area (TPSA) is 58.4 Å². The van der Waals surface area contributed by atoms with E-state index in [2.05, 4.69) is 5.10 Å². The van der Waals surface area contributed by atoms with Crippen LogP contribution in [0.25, 0.3) is 0 Å². The Morgan fingerprint density at radius 1 is 1.40 bits per heavy atom. The summed E-state index contributed by atoms with van der Waals surface area (Å²) in [5.74, 6) is -1.31. The lowest BCUT2D eigenvalue weighted by Crippen LogP contribution is -2.32. The number of rotatable bonds is 4. The largest absolute Gasteiger partial charge is 0.391 e. The molecule has 1 aromatic carbocycles. The van der Waals surface area contributed by atoms with Gasteiger partial charge in [0.15, 0.2) is 0 Å². The van der Waals surface area contributed by atoms with E-state index in [9.17, 15) is 18.7 Å². The number of likely N-dealkylation sites (tertiary alicyclic amines) is 1. The van der Waals surface area contributed by atoms with Crippen molar-refractivity contribution in [3.63, 3.8) is 0 Å². The summed E-state index contributed by atoms with van der Waals surface area (Å²) >= 11 is 0. The molecule has 0 unspecified atom stereocenters. The number of carbonyl (C=O) groups excluding carboxylic acids is 1. The van der Waals surface area contributed by atoms with Gasteiger partial charge in [0.25, 0.3) is 0 Å². The maximum atomic E-state index is 14.1. The number of aliphatic hydroxyl groups is 1. The lowest BCUT2D eigenvalue weighted by atomic mass is 10.0. The number of carbonyl (C=O) groups is 1. The molecule has 25 heavy (non-hydrogen) atoms. The Morgan fingerprint density at radius 3 is 2.84 bits per heavy atom. The monoisotopic (exact) mass is 349 g/mol. The van der Waals surface area contributed by atoms with Crippen LogP contribution in [-0.4, -0.2) is 38.3 Å². The zero-order valence-electron chi connectivity index (χ0n) is 14.2. The molecule has 2 atom stereocenters. The predicted molar refractivity (Wildman–Crippen MR) is 87.7 cm³/mol. The van der Waals surface area contributed by atoms with E-state index in [1.54, 1.807) is 10.9 Å². The maximum Gasteiger partial charge on any atom is 0.223 e. The fraction of sp³-hybridized carbons (Fsp3) is 0.444. The third-order valence-electron chi connectivity index (χ3n) is 4.86. The molecule has 2 heterocycles. The van der Waals surface area contributed by atoms with Gasteiger partial charge in [-0.2, -0.15) is 5.10 Å². The molecule has 1 aromatic heterocycles. The second-order valence-electron chi connectivity index (χ2n) is 6.50. The summed E-state index contributed by atoms with van der Waals surface area (Å²) in [5, 5.41) is 14.1. The Labute approximate surface area is 144 Å². The van der Waals surface area contributed by atoms with Crippen molar-refractivity contribution in [3.05, 3.63) is 52.9 Å². The standard InChI is InChI=1S/C18H21F2N3O2/c1-11-12(9-21-22(11)2)3-6-18(25)23-10-14(24)8-17(23)15-7-13(19)4-5-16(15)20/h4-5,7,9,14,17,24H,3,6,8,10H2,1-2H3/t14-,17+/m1/s1. The van der Waals surface area contributed by atoms with Crippen LogP contribution in [0, 0.1) is 18.6 Å². The van der Waals surface area contributed by atoms with Crippen LogP contribution in [0.2, 0.25) is 0 Å². The second-order valence-corrected chi connectivity index (χ2v) is 6.50. The molecule has 2 aromatic rings. The highest BCUT2D eigenvalue weighted by Crippen LogP contribution is 2.34. The van der Waals surface area contributed by atoms with Crippen LogP contribution < -0.4 is 0 Å². The summed E-state index contributed by atoms with van der Waals surface area (Å²) in [6.45, 7) is 2.06. The van der Waals surface area contributed by atoms with Gasteiger partial charge >= 0.3 is 0 Å². The molecule has 7 heteroatoms. The molecular weight excluding hydrogens is 328 g/mol. The molecule has 5 nitrogen and oxygen atoms in total. The molecule has 1 saturated heterocycles. The number of aromatic nitrogens is 2. The van der Waals surface area contributed by atoms with E-state index in [4.69, 9.17) is 0 Å². The van der Waals surface area contributed by atoms with Crippen LogP contribution in [0.4, 0.5) is 8.78 Å². The Kier molecular flexibility index (Phi) is 4.85. The first-order chi connectivity index (χ1) is 11.9. The van der Waals surface area contributed by atoms with Crippen molar-refractivity contribution in [2.45, 2.75) is 38.3 Å². The number of aryl methyl sites for hydroxylation is 2. The minimum absolute atomic E-state index is 0.113. The smallest absolute Gasteiger partial charge is 0.223 e. The highest BCUT2D eigenvalue weighted by molar-refractivity contribution is 5.77. The number of nitrogens with zero attached hydrogens (tertiary/aromatic N) is 3. The Hall–Kier alpha value is -2.28. The molecule has 0 aliphatic carbocycles. The lowest BCUT2D eigenvalue weighted by molar-refractivity contribution is -0.132. The average Bonchev–Trinajstić information content (AvgIpc) is 3.11. The summed E-state index contributed by atoms with van der Waals surface area (Å²) in [6.07, 6.45) is 1.94. The van der Waals surface area contributed by atoms with Gasteiger partial charge in [-0.1, -0.05) is 0 Å². The third-order valence-corrected chi connectivity index (χ3v) is 4.86. The first-order valence-electron chi connectivity index (χ1n) is 8.26. The highest BCUT2D eigenvalue weighted by atomic mass is 19.1. The van der Waals surface area contributed by atoms with Crippen LogP contribution >= 0.6 is 0 Å². The number of hydrogen-bond donors (Lipinski definition) is 1. The first kappa shape index (κ1) is 17.5. The van der Waals surface area contributed by atoms with E-state index >= 15 is 0 Å². The summed E-state index contributed by atoms with van der Waals surface area (Å²) in [7, 11) is 1.83. The molecule has 3 rings (SSSR count). The van der Waals surface area contributed by atoms with Crippen molar-refractivity contribution in [2.24, 2.45) is 7.05 Å². The van der Waals surface area contributed by atoms with Crippen LogP contribution in [0.1, 0.15) is 35.7 Å². The van der Waals surface area contributed by atoms with Gasteiger partial charge in [-0.3, -0.25) is 9.48 Å². The lowest BCUT2D eigenvalue weighted by Gasteiger charge is -2.25. The number of aliphatic hydroxyl groups excluding tert-OH is 1. The van der Waals surface area contributed by atoms with E-state index in [0.29, 0.717) is 6.42 Å². The molecule has 0 spiro atoms. The van der Waals surface area contributed by atoms with Crippen LogP contribution in [-0.2, 0) is 18.3 Å². The highest BCUT2D eigenvalue weighted by Gasteiger charge is 2.36. The molecular formula is C18H21F2N3O2. The fourth-order valence-electron chi connectivity index (χ4n) is 3.33. The summed E-state index contributed by atoms with van der Waals surface area (Å²) in [6, 6.07) is 2.55. The summed E-state index contributed by atoms with van der Waals surface area (Å²) < 4.78 is 29.3. The number of hydrogen-bond acceptors (Lipinski definition) is 3. The van der Waals surface area contributed by atoms with Crippen molar-refractivity contribution in [1.82, 2.24) is 14.7 Å². The second kappa shape index (κ2) is 6.92. The molecule has 0 radical (unpaired) electrons. The van der Waals surface area contributed by atoms with Gasteiger partial charge in [-0.05, 0) is 43.5 Å². The first-order valence-corrected chi connectivity index (χ1v) is 8.26. The van der Waals surface area contributed by atoms with E-state index in [0.717, 1.165) is 29.5 Å². The summed E-state index contributed by atoms with van der Waals surface area (Å²) in [5.41, 5.74) is 2.08. The van der Waals surface area contributed by atoms with Gasteiger partial charge in [0.05, 0.1) is 18.3 Å². The SMILES string of the molecule is Cc1c(CCC(=O)N2C[C@H](O)C[C@H]2c2cc(F)ccc2F)cnn1C. The molecule has 0 saturated carbocycles. The number of β-amino-alcohol motifs (C(OH)–C–C–N with tert-alkyl or cyclic N) is 1. The van der Waals surface area contributed by atoms with E-state index in [-0.39, 0.29) is 30.9 Å². The van der Waals surface area contributed by atoms with Gasteiger partial charge in [0, 0.05) is 31.3 Å². The molecule has 1 aliphatic rings. The minimum atomic E-state index is -0.739. The number of benzene rings is 1. The maximum absolute atomic E-state index is 14.1. The van der Waals surface area contributed by atoms with Gasteiger partial charge in [0.2, 0.25) is 5.91 Å². The molecule has 1 amide bonds. The average molecular weight is 349 g/mol. The Balaban J connectivity index is 1.76. The van der Waals surface area contributed by atoms with Crippen LogP contribution in [0.15, 0.2) is 24.4 Å². The van der Waals surface area contributed by atoms with Gasteiger partial charge in [-0.25, -0.2) is 8.78 Å². The number of amides is 1. The molecule has 1 aliphatic heterocycles. The van der Waals surface area contributed by atoms with Crippen molar-refractivity contribution in [2.75, 3.05) is 6.54 Å². The van der Waals surface area contributed by atoms with E-state index in [1.165, 1.54) is 4.90 Å². The molecule has 1 fully saturated rings. The number of halogens is 2. The van der Waals surface area contributed by atoms with Crippen LogP contribution in [0.3, 0.4) is 0 Å². The minimum Gasteiger partial charge on any atom is -0.391 e. The Bertz CT molecular complexity index is 791. The molecule has 0 bridgehead atoms. The quantitative estimate of drug-likeness (QED) is 0.921. The Morgan fingerprint density at radius 2 is 2.16 bits per heavy atom. The van der Waals surface area contributed by atoms with Gasteiger partial charge in [0.1, 0.15) is 11.6 Å². The van der Waals surface area contributed by atoms with Crippen LogP contribution in [0.5, 0.6) is 0 Å². The zero-order valence-corrected chi connectivity index (χ0v) is 14.2. The molecule has 1 N–H and O–H groups in total. The zero-order chi connectivity index (χ0) is 18.1. The summed E-state index contributed by atoms with van der Waals surface area (Å²) in [4.78, 5) is 14.1. The predicted octanol–water partition coefficient (Wildman–Crippen LogP) is 2.27. The third kappa shape index (κ3) is 3.56. The van der Waals surface area contributed by atoms with Crippen molar-refractivity contribution < 1.29 is 18.7 Å². The van der Waals surface area contributed by atoms with Crippen molar-refractivity contribution >= 4 is 5.91 Å². The normalized spacial score (nSPS) is 20.3. The van der Waals surface area contributed by atoms with Gasteiger partial charge in [-0.15, -0.1) is 0 Å².